The number of nitrogens with two attached hydrogens (primary N) is 1. The van der Waals surface area contributed by atoms with Gasteiger partial charge in [0.05, 0.1) is 30.1 Å². The fourth-order valence-electron chi connectivity index (χ4n) is 2.40. The van der Waals surface area contributed by atoms with Crippen molar-refractivity contribution in [2.45, 2.75) is 12.5 Å². The molecule has 1 aliphatic rings. The molecule has 4 N–H and O–H groups in total. The van der Waals surface area contributed by atoms with Crippen LogP contribution in [0.1, 0.15) is 28.4 Å². The van der Waals surface area contributed by atoms with Gasteiger partial charge in [-0.05, 0) is 12.1 Å². The summed E-state index contributed by atoms with van der Waals surface area (Å²) >= 11 is 0. The minimum atomic E-state index is -1.06. The molecule has 1 unspecified atom stereocenters. The number of para-hydroxylation sites is 1. The predicted molar refractivity (Wildman–Crippen MR) is 78.5 cm³/mol. The van der Waals surface area contributed by atoms with E-state index < -0.39 is 5.97 Å². The molecule has 1 atom stereocenters. The standard InChI is InChI=1S/C15H15N3O3/c16-11-8-17-14(7-10(11)15(19)20)18-12-5-6-21-13-4-2-1-3-9(12)13/h1-4,7-8,12H,5-6,16H2,(H,17,18)(H,19,20). The summed E-state index contributed by atoms with van der Waals surface area (Å²) in [5.74, 6) is 0.267. The first kappa shape index (κ1) is 13.2. The number of nitrogens with zero attached hydrogens (tertiary/aromatic N) is 1. The van der Waals surface area contributed by atoms with E-state index in [1.807, 2.05) is 24.3 Å². The predicted octanol–water partition coefficient (Wildman–Crippen LogP) is 2.30. The molecule has 6 nitrogen and oxygen atoms in total. The van der Waals surface area contributed by atoms with E-state index in [-0.39, 0.29) is 17.3 Å². The van der Waals surface area contributed by atoms with Gasteiger partial charge in [0.15, 0.2) is 0 Å². The topological polar surface area (TPSA) is 97.5 Å². The van der Waals surface area contributed by atoms with Crippen LogP contribution >= 0.6 is 0 Å². The Morgan fingerprint density at radius 2 is 2.24 bits per heavy atom. The summed E-state index contributed by atoms with van der Waals surface area (Å²) in [6, 6.07) is 9.26. The number of carbonyl (C=O) groups is 1. The van der Waals surface area contributed by atoms with E-state index in [4.69, 9.17) is 15.6 Å². The number of hydrogen-bond acceptors (Lipinski definition) is 5. The zero-order valence-corrected chi connectivity index (χ0v) is 11.2. The van der Waals surface area contributed by atoms with E-state index in [1.165, 1.54) is 12.3 Å². The highest BCUT2D eigenvalue weighted by atomic mass is 16.5. The van der Waals surface area contributed by atoms with Crippen molar-refractivity contribution in [3.63, 3.8) is 0 Å². The summed E-state index contributed by atoms with van der Waals surface area (Å²) in [6.45, 7) is 0.607. The molecule has 21 heavy (non-hydrogen) atoms. The van der Waals surface area contributed by atoms with Crippen molar-refractivity contribution in [2.75, 3.05) is 17.7 Å². The van der Waals surface area contributed by atoms with Crippen LogP contribution in [-0.4, -0.2) is 22.7 Å². The summed E-state index contributed by atoms with van der Waals surface area (Å²) in [6.07, 6.45) is 2.14. The third-order valence-corrected chi connectivity index (χ3v) is 3.45. The number of nitrogen functional groups attached to an aromatic ring is 1. The summed E-state index contributed by atoms with van der Waals surface area (Å²) < 4.78 is 5.60. The van der Waals surface area contributed by atoms with Crippen molar-refractivity contribution in [2.24, 2.45) is 0 Å². The van der Waals surface area contributed by atoms with Gasteiger partial charge >= 0.3 is 5.97 Å². The number of aromatic carboxylic acids is 1. The number of carboxylic acids is 1. The molecule has 2 aromatic rings. The summed E-state index contributed by atoms with van der Waals surface area (Å²) in [5.41, 5.74) is 6.85. The highest BCUT2D eigenvalue weighted by Gasteiger charge is 2.21. The molecule has 0 aliphatic carbocycles. The third kappa shape index (κ3) is 2.60. The Hall–Kier alpha value is -2.76. The first-order chi connectivity index (χ1) is 10.1. The van der Waals surface area contributed by atoms with Gasteiger partial charge in [0.1, 0.15) is 11.6 Å². The normalized spacial score (nSPS) is 16.7. The van der Waals surface area contributed by atoms with E-state index in [0.717, 1.165) is 17.7 Å². The second kappa shape index (κ2) is 5.32. The van der Waals surface area contributed by atoms with Crippen LogP contribution < -0.4 is 15.8 Å². The summed E-state index contributed by atoms with van der Waals surface area (Å²) in [5, 5.41) is 12.3. The van der Waals surface area contributed by atoms with Gasteiger partial charge in [0, 0.05) is 12.0 Å². The van der Waals surface area contributed by atoms with Crippen LogP contribution in [0.3, 0.4) is 0 Å². The number of nitrogens with one attached hydrogen (secondary N) is 1. The van der Waals surface area contributed by atoms with E-state index >= 15 is 0 Å². The Morgan fingerprint density at radius 3 is 3.05 bits per heavy atom. The Bertz CT molecular complexity index is 688. The Kier molecular flexibility index (Phi) is 3.35. The lowest BCUT2D eigenvalue weighted by Gasteiger charge is -2.27. The van der Waals surface area contributed by atoms with Crippen LogP contribution in [0.25, 0.3) is 0 Å². The number of carboxylic acid groups (broad SMARTS) is 1. The molecule has 0 saturated heterocycles. The molecule has 1 aromatic heterocycles. The van der Waals surface area contributed by atoms with Gasteiger partial charge in [-0.2, -0.15) is 0 Å². The molecule has 0 fully saturated rings. The summed E-state index contributed by atoms with van der Waals surface area (Å²) in [7, 11) is 0. The second-order valence-electron chi connectivity index (χ2n) is 4.83. The summed E-state index contributed by atoms with van der Waals surface area (Å²) in [4.78, 5) is 15.3. The average Bonchev–Trinajstić information content (AvgIpc) is 2.49. The molecular formula is C15H15N3O3. The zero-order chi connectivity index (χ0) is 14.8. The van der Waals surface area contributed by atoms with Gasteiger partial charge in [-0.1, -0.05) is 18.2 Å². The van der Waals surface area contributed by atoms with Crippen LogP contribution in [0.15, 0.2) is 36.5 Å². The lowest BCUT2D eigenvalue weighted by Crippen LogP contribution is -2.21. The Labute approximate surface area is 121 Å². The van der Waals surface area contributed by atoms with Gasteiger partial charge in [0.25, 0.3) is 0 Å². The van der Waals surface area contributed by atoms with Gasteiger partial charge < -0.3 is 20.9 Å². The monoisotopic (exact) mass is 285 g/mol. The Morgan fingerprint density at radius 1 is 1.43 bits per heavy atom. The first-order valence-corrected chi connectivity index (χ1v) is 6.62. The molecule has 0 bridgehead atoms. The quantitative estimate of drug-likeness (QED) is 0.800. The van der Waals surface area contributed by atoms with Crippen LogP contribution in [0, 0.1) is 0 Å². The molecule has 1 aliphatic heterocycles. The van der Waals surface area contributed by atoms with Gasteiger partial charge in [0.2, 0.25) is 0 Å². The smallest absolute Gasteiger partial charge is 0.337 e. The second-order valence-corrected chi connectivity index (χ2v) is 4.83. The SMILES string of the molecule is Nc1cnc(NC2CCOc3ccccc32)cc1C(=O)O. The molecule has 0 radical (unpaired) electrons. The molecule has 0 amide bonds. The number of ether oxygens (including phenoxy) is 1. The highest BCUT2D eigenvalue weighted by Crippen LogP contribution is 2.33. The molecule has 6 heteroatoms. The number of hydrogen-bond donors (Lipinski definition) is 3. The molecule has 108 valence electrons. The number of pyridine rings is 1. The van der Waals surface area contributed by atoms with Crippen molar-refractivity contribution in [3.05, 3.63) is 47.7 Å². The van der Waals surface area contributed by atoms with E-state index in [9.17, 15) is 4.79 Å². The minimum Gasteiger partial charge on any atom is -0.493 e. The van der Waals surface area contributed by atoms with Crippen LogP contribution in [0.5, 0.6) is 5.75 Å². The number of benzene rings is 1. The number of rotatable bonds is 3. The molecule has 0 spiro atoms. The molecular weight excluding hydrogens is 270 g/mol. The van der Waals surface area contributed by atoms with Gasteiger partial charge in [-0.25, -0.2) is 9.78 Å². The van der Waals surface area contributed by atoms with Gasteiger partial charge in [-0.15, -0.1) is 0 Å². The lowest BCUT2D eigenvalue weighted by atomic mass is 10.0. The zero-order valence-electron chi connectivity index (χ0n) is 11.2. The maximum absolute atomic E-state index is 11.1. The van der Waals surface area contributed by atoms with Crippen LogP contribution in [0.2, 0.25) is 0 Å². The third-order valence-electron chi connectivity index (χ3n) is 3.45. The number of aromatic nitrogens is 1. The van der Waals surface area contributed by atoms with Crippen molar-refractivity contribution in [1.82, 2.24) is 4.98 Å². The molecule has 2 heterocycles. The fraction of sp³-hybridized carbons (Fsp3) is 0.200. The van der Waals surface area contributed by atoms with Crippen molar-refractivity contribution < 1.29 is 14.6 Å². The largest absolute Gasteiger partial charge is 0.493 e. The van der Waals surface area contributed by atoms with E-state index in [1.54, 1.807) is 0 Å². The van der Waals surface area contributed by atoms with Crippen LogP contribution in [0.4, 0.5) is 11.5 Å². The van der Waals surface area contributed by atoms with Gasteiger partial charge in [-0.3, -0.25) is 0 Å². The van der Waals surface area contributed by atoms with Crippen LogP contribution in [-0.2, 0) is 0 Å². The maximum Gasteiger partial charge on any atom is 0.337 e. The lowest BCUT2D eigenvalue weighted by molar-refractivity contribution is 0.0698. The van der Waals surface area contributed by atoms with E-state index in [2.05, 4.69) is 10.3 Å². The number of fused-ring (bicyclic) bond motifs is 1. The first-order valence-electron chi connectivity index (χ1n) is 6.62. The Balaban J connectivity index is 1.88. The van der Waals surface area contributed by atoms with Crippen molar-refractivity contribution in [1.29, 1.82) is 0 Å². The maximum atomic E-state index is 11.1. The molecule has 0 saturated carbocycles. The molecule has 3 rings (SSSR count). The van der Waals surface area contributed by atoms with Crippen molar-refractivity contribution >= 4 is 17.5 Å². The highest BCUT2D eigenvalue weighted by molar-refractivity contribution is 5.94. The number of anilines is 2. The minimum absolute atomic E-state index is 0.0349. The van der Waals surface area contributed by atoms with Crippen molar-refractivity contribution in [3.8, 4) is 5.75 Å². The fourth-order valence-corrected chi connectivity index (χ4v) is 2.40. The molecule has 1 aromatic carbocycles. The average molecular weight is 285 g/mol. The van der Waals surface area contributed by atoms with E-state index in [0.29, 0.717) is 12.4 Å².